The van der Waals surface area contributed by atoms with E-state index in [0.717, 1.165) is 0 Å². The van der Waals surface area contributed by atoms with Crippen LogP contribution in [-0.2, 0) is 15.6 Å². The van der Waals surface area contributed by atoms with Crippen LogP contribution in [-0.4, -0.2) is 33.8 Å². The summed E-state index contributed by atoms with van der Waals surface area (Å²) >= 11 is 0. The van der Waals surface area contributed by atoms with Crippen molar-refractivity contribution in [3.05, 3.63) is 53.2 Å². The molecule has 0 saturated heterocycles. The average Bonchev–Trinajstić information content (AvgIpc) is 3.17. The molecule has 2 aromatic heterocycles. The van der Waals surface area contributed by atoms with Crippen LogP contribution < -0.4 is 0 Å². The molecule has 0 fully saturated rings. The van der Waals surface area contributed by atoms with Crippen molar-refractivity contribution in [2.24, 2.45) is 0 Å². The van der Waals surface area contributed by atoms with E-state index in [2.05, 4.69) is 20.7 Å². The normalized spacial score (nSPS) is 13.1. The summed E-state index contributed by atoms with van der Waals surface area (Å²) in [6.45, 7) is 5.00. The molecular formula is C15H17N5O3S. The van der Waals surface area contributed by atoms with E-state index in [1.165, 1.54) is 4.68 Å². The number of tetrazole rings is 1. The maximum absolute atomic E-state index is 12.8. The molecule has 24 heavy (non-hydrogen) atoms. The van der Waals surface area contributed by atoms with E-state index in [-0.39, 0.29) is 11.6 Å². The predicted molar refractivity (Wildman–Crippen MR) is 86.2 cm³/mol. The van der Waals surface area contributed by atoms with Gasteiger partial charge in [0.2, 0.25) is 0 Å². The summed E-state index contributed by atoms with van der Waals surface area (Å²) in [4.78, 5) is 0. The van der Waals surface area contributed by atoms with Gasteiger partial charge in [0.05, 0.1) is 17.1 Å². The zero-order chi connectivity index (χ0) is 17.3. The van der Waals surface area contributed by atoms with Crippen molar-refractivity contribution < 1.29 is 12.9 Å². The lowest BCUT2D eigenvalue weighted by atomic mass is 10.2. The number of hydrogen-bond acceptors (Lipinski definition) is 7. The lowest BCUT2D eigenvalue weighted by Gasteiger charge is -2.12. The number of nitrogens with zero attached hydrogens (tertiary/aromatic N) is 5. The summed E-state index contributed by atoms with van der Waals surface area (Å²) in [5, 5.41) is 14.4. The Hall–Kier alpha value is -2.55. The Balaban J connectivity index is 1.95. The van der Waals surface area contributed by atoms with E-state index in [1.807, 2.05) is 30.3 Å². The van der Waals surface area contributed by atoms with Gasteiger partial charge in [-0.1, -0.05) is 23.4 Å². The first-order valence-corrected chi connectivity index (χ1v) is 9.08. The zero-order valence-corrected chi connectivity index (χ0v) is 14.4. The highest BCUT2D eigenvalue weighted by atomic mass is 32.2. The average molecular weight is 347 g/mol. The van der Waals surface area contributed by atoms with Crippen LogP contribution in [0.5, 0.6) is 0 Å². The van der Waals surface area contributed by atoms with Crippen molar-refractivity contribution in [2.75, 3.05) is 0 Å². The van der Waals surface area contributed by atoms with Gasteiger partial charge in [0, 0.05) is 5.56 Å². The largest absolute Gasteiger partial charge is 0.361 e. The summed E-state index contributed by atoms with van der Waals surface area (Å²) < 4.78 is 32.1. The molecule has 0 bridgehead atoms. The van der Waals surface area contributed by atoms with Gasteiger partial charge in [0.1, 0.15) is 11.0 Å². The zero-order valence-electron chi connectivity index (χ0n) is 13.5. The molecule has 9 heteroatoms. The predicted octanol–water partition coefficient (Wildman–Crippen LogP) is 1.94. The van der Waals surface area contributed by atoms with Gasteiger partial charge in [-0.3, -0.25) is 0 Å². The first-order chi connectivity index (χ1) is 11.4. The van der Waals surface area contributed by atoms with Crippen LogP contribution in [0.2, 0.25) is 0 Å². The molecule has 0 aliphatic heterocycles. The maximum Gasteiger partial charge on any atom is 0.174 e. The number of para-hydroxylation sites is 1. The van der Waals surface area contributed by atoms with Crippen molar-refractivity contribution in [1.29, 1.82) is 0 Å². The van der Waals surface area contributed by atoms with Crippen molar-refractivity contribution in [3.63, 3.8) is 0 Å². The minimum Gasteiger partial charge on any atom is -0.361 e. The van der Waals surface area contributed by atoms with Crippen molar-refractivity contribution in [1.82, 2.24) is 25.4 Å². The van der Waals surface area contributed by atoms with E-state index in [1.54, 1.807) is 20.8 Å². The Morgan fingerprint density at radius 3 is 2.54 bits per heavy atom. The van der Waals surface area contributed by atoms with E-state index in [9.17, 15) is 8.42 Å². The molecule has 1 unspecified atom stereocenters. The highest BCUT2D eigenvalue weighted by Crippen LogP contribution is 2.27. The molecule has 0 aliphatic rings. The second-order valence-corrected chi connectivity index (χ2v) is 7.86. The molecule has 3 rings (SSSR count). The maximum atomic E-state index is 12.8. The number of hydrogen-bond donors (Lipinski definition) is 0. The van der Waals surface area contributed by atoms with Crippen molar-refractivity contribution in [3.8, 4) is 5.69 Å². The third-order valence-electron chi connectivity index (χ3n) is 3.92. The Morgan fingerprint density at radius 1 is 1.21 bits per heavy atom. The summed E-state index contributed by atoms with van der Waals surface area (Å²) in [6, 6.07) is 9.17. The van der Waals surface area contributed by atoms with Crippen LogP contribution in [0, 0.1) is 13.8 Å². The fourth-order valence-corrected chi connectivity index (χ4v) is 3.93. The molecule has 0 aliphatic carbocycles. The van der Waals surface area contributed by atoms with Crippen molar-refractivity contribution >= 4 is 9.84 Å². The fraction of sp³-hybridized carbons (Fsp3) is 0.333. The topological polar surface area (TPSA) is 104 Å². The minimum atomic E-state index is -3.55. The summed E-state index contributed by atoms with van der Waals surface area (Å²) in [7, 11) is -3.55. The Morgan fingerprint density at radius 2 is 1.92 bits per heavy atom. The monoisotopic (exact) mass is 347 g/mol. The third kappa shape index (κ3) is 2.94. The number of benzene rings is 1. The molecule has 2 heterocycles. The highest BCUT2D eigenvalue weighted by Gasteiger charge is 2.30. The van der Waals surface area contributed by atoms with Crippen LogP contribution >= 0.6 is 0 Å². The lowest BCUT2D eigenvalue weighted by Crippen LogP contribution is -2.18. The van der Waals surface area contributed by atoms with Gasteiger partial charge in [-0.2, -0.15) is 4.68 Å². The molecule has 0 radical (unpaired) electrons. The summed E-state index contributed by atoms with van der Waals surface area (Å²) in [5.74, 6) is 0.607. The Bertz CT molecular complexity index is 927. The summed E-state index contributed by atoms with van der Waals surface area (Å²) in [5.41, 5.74) is 1.86. The van der Waals surface area contributed by atoms with E-state index >= 15 is 0 Å². The van der Waals surface area contributed by atoms with Gasteiger partial charge in [-0.15, -0.1) is 5.10 Å². The Kier molecular flexibility index (Phi) is 4.18. The van der Waals surface area contributed by atoms with Crippen molar-refractivity contribution in [2.45, 2.75) is 31.8 Å². The van der Waals surface area contributed by atoms with Gasteiger partial charge in [-0.25, -0.2) is 8.42 Å². The minimum absolute atomic E-state index is 0.170. The molecule has 0 amide bonds. The van der Waals surface area contributed by atoms with Crippen LogP contribution in [0.3, 0.4) is 0 Å². The first-order valence-electron chi connectivity index (χ1n) is 7.37. The van der Waals surface area contributed by atoms with Gasteiger partial charge >= 0.3 is 0 Å². The molecule has 8 nitrogen and oxygen atoms in total. The molecule has 1 aromatic carbocycles. The molecular weight excluding hydrogens is 330 g/mol. The van der Waals surface area contributed by atoms with E-state index < -0.39 is 15.1 Å². The second kappa shape index (κ2) is 6.16. The molecule has 126 valence electrons. The van der Waals surface area contributed by atoms with Gasteiger partial charge in [0.15, 0.2) is 15.7 Å². The quantitative estimate of drug-likeness (QED) is 0.694. The van der Waals surface area contributed by atoms with Crippen LogP contribution in [0.4, 0.5) is 0 Å². The van der Waals surface area contributed by atoms with Gasteiger partial charge in [-0.05, 0) is 43.3 Å². The van der Waals surface area contributed by atoms with Crippen LogP contribution in [0.15, 0.2) is 34.9 Å². The standard InChI is InChI=1S/C15H17N5O3S/c1-10-14(11(2)23-17-10)9-24(21,22)12(3)15-16-18-19-20(15)13-7-5-4-6-8-13/h4-8,12H,9H2,1-3H3. The number of rotatable bonds is 5. The lowest BCUT2D eigenvalue weighted by molar-refractivity contribution is 0.392. The summed E-state index contributed by atoms with van der Waals surface area (Å²) in [6.07, 6.45) is 0. The second-order valence-electron chi connectivity index (χ2n) is 5.54. The number of aromatic nitrogens is 5. The molecule has 0 spiro atoms. The number of aryl methyl sites for hydroxylation is 2. The fourth-order valence-electron chi connectivity index (χ4n) is 2.40. The SMILES string of the molecule is Cc1noc(C)c1CS(=O)(=O)C(C)c1nnnn1-c1ccccc1. The molecule has 1 atom stereocenters. The van der Waals surface area contributed by atoms with Gasteiger partial charge < -0.3 is 4.52 Å². The number of sulfone groups is 1. The molecule has 0 saturated carbocycles. The highest BCUT2D eigenvalue weighted by molar-refractivity contribution is 7.90. The van der Waals surface area contributed by atoms with E-state index in [4.69, 9.17) is 4.52 Å². The van der Waals surface area contributed by atoms with Crippen LogP contribution in [0.1, 0.15) is 35.0 Å². The third-order valence-corrected chi connectivity index (χ3v) is 5.90. The molecule has 0 N–H and O–H groups in total. The smallest absolute Gasteiger partial charge is 0.174 e. The first kappa shape index (κ1) is 16.3. The molecule has 3 aromatic rings. The Labute approximate surface area is 139 Å². The van der Waals surface area contributed by atoms with Gasteiger partial charge in [0.25, 0.3) is 0 Å². The van der Waals surface area contributed by atoms with Crippen LogP contribution in [0.25, 0.3) is 5.69 Å². The van der Waals surface area contributed by atoms with E-state index in [0.29, 0.717) is 22.7 Å².